The minimum Gasteiger partial charge on any atom is -0.351 e. The number of benzene rings is 1. The Morgan fingerprint density at radius 2 is 1.71 bits per heavy atom. The van der Waals surface area contributed by atoms with E-state index < -0.39 is 5.41 Å². The third-order valence-electron chi connectivity index (χ3n) is 3.83. The maximum atomic E-state index is 12.4. The molecule has 0 aliphatic carbocycles. The van der Waals surface area contributed by atoms with Gasteiger partial charge in [0.1, 0.15) is 5.41 Å². The molecule has 0 unspecified atom stereocenters. The average molecular weight is 325 g/mol. The molecule has 2 amide bonds. The Hall–Kier alpha value is -2.69. The van der Waals surface area contributed by atoms with E-state index in [4.69, 9.17) is 0 Å². The standard InChI is InChI=1S/C19H23N3O2/c1-14-7-6-8-15(11-14)12-21-17(23)19(2,3)18(24)22-13-16-9-4-5-10-20-16/h4-11H,12-13H2,1-3H3,(H,21,23)(H,22,24). The molecule has 1 aromatic carbocycles. The number of hydrogen-bond donors (Lipinski definition) is 2. The van der Waals surface area contributed by atoms with Crippen LogP contribution in [0.2, 0.25) is 0 Å². The summed E-state index contributed by atoms with van der Waals surface area (Å²) < 4.78 is 0. The van der Waals surface area contributed by atoms with Gasteiger partial charge in [-0.1, -0.05) is 35.9 Å². The molecule has 0 bridgehead atoms. The van der Waals surface area contributed by atoms with Gasteiger partial charge in [-0.15, -0.1) is 0 Å². The zero-order valence-corrected chi connectivity index (χ0v) is 14.3. The van der Waals surface area contributed by atoms with Crippen LogP contribution in [0, 0.1) is 12.3 Å². The van der Waals surface area contributed by atoms with Gasteiger partial charge in [-0.3, -0.25) is 14.6 Å². The maximum absolute atomic E-state index is 12.4. The lowest BCUT2D eigenvalue weighted by Gasteiger charge is -2.22. The molecule has 0 radical (unpaired) electrons. The Labute approximate surface area is 142 Å². The predicted octanol–water partition coefficient (Wildman–Crippen LogP) is 2.35. The van der Waals surface area contributed by atoms with E-state index >= 15 is 0 Å². The van der Waals surface area contributed by atoms with Crippen LogP contribution in [-0.2, 0) is 22.7 Å². The van der Waals surface area contributed by atoms with Crippen LogP contribution < -0.4 is 10.6 Å². The first-order valence-corrected chi connectivity index (χ1v) is 7.91. The highest BCUT2D eigenvalue weighted by Crippen LogP contribution is 2.16. The second-order valence-electron chi connectivity index (χ2n) is 6.30. The minimum atomic E-state index is -1.15. The van der Waals surface area contributed by atoms with Crippen LogP contribution in [0.15, 0.2) is 48.7 Å². The van der Waals surface area contributed by atoms with Crippen molar-refractivity contribution in [2.24, 2.45) is 5.41 Å². The van der Waals surface area contributed by atoms with Gasteiger partial charge in [0, 0.05) is 12.7 Å². The Morgan fingerprint density at radius 1 is 1.00 bits per heavy atom. The predicted molar refractivity (Wildman–Crippen MR) is 92.9 cm³/mol. The van der Waals surface area contributed by atoms with Crippen molar-refractivity contribution in [2.45, 2.75) is 33.9 Å². The molecule has 5 nitrogen and oxygen atoms in total. The fourth-order valence-corrected chi connectivity index (χ4v) is 2.22. The summed E-state index contributed by atoms with van der Waals surface area (Å²) >= 11 is 0. The molecule has 126 valence electrons. The smallest absolute Gasteiger partial charge is 0.235 e. The molecule has 0 spiro atoms. The van der Waals surface area contributed by atoms with Gasteiger partial charge in [0.05, 0.1) is 12.2 Å². The Balaban J connectivity index is 1.90. The molecule has 0 fully saturated rings. The number of aryl methyl sites for hydroxylation is 1. The first-order valence-electron chi connectivity index (χ1n) is 7.91. The number of aromatic nitrogens is 1. The monoisotopic (exact) mass is 325 g/mol. The minimum absolute atomic E-state index is 0.300. The second kappa shape index (κ2) is 7.73. The van der Waals surface area contributed by atoms with Gasteiger partial charge in [0.2, 0.25) is 11.8 Å². The number of amides is 2. The first kappa shape index (κ1) is 17.7. The van der Waals surface area contributed by atoms with E-state index in [1.54, 1.807) is 20.0 Å². The van der Waals surface area contributed by atoms with Gasteiger partial charge in [-0.25, -0.2) is 0 Å². The van der Waals surface area contributed by atoms with E-state index in [-0.39, 0.29) is 11.8 Å². The van der Waals surface area contributed by atoms with E-state index in [0.717, 1.165) is 16.8 Å². The molecule has 0 saturated heterocycles. The van der Waals surface area contributed by atoms with Crippen molar-refractivity contribution in [1.82, 2.24) is 15.6 Å². The Bertz CT molecular complexity index is 712. The molecule has 24 heavy (non-hydrogen) atoms. The van der Waals surface area contributed by atoms with Crippen molar-refractivity contribution in [3.05, 3.63) is 65.5 Å². The molecule has 0 saturated carbocycles. The Kier molecular flexibility index (Phi) is 5.68. The lowest BCUT2D eigenvalue weighted by Crippen LogP contribution is -2.47. The van der Waals surface area contributed by atoms with Crippen LogP contribution in [-0.4, -0.2) is 16.8 Å². The van der Waals surface area contributed by atoms with Gasteiger partial charge >= 0.3 is 0 Å². The molecule has 1 aromatic heterocycles. The van der Waals surface area contributed by atoms with Crippen LogP contribution in [0.3, 0.4) is 0 Å². The summed E-state index contributed by atoms with van der Waals surface area (Å²) in [4.78, 5) is 28.9. The number of pyridine rings is 1. The van der Waals surface area contributed by atoms with Crippen LogP contribution in [0.1, 0.15) is 30.7 Å². The van der Waals surface area contributed by atoms with Gasteiger partial charge in [-0.05, 0) is 38.5 Å². The highest BCUT2D eigenvalue weighted by Gasteiger charge is 2.35. The number of carbonyl (C=O) groups is 2. The molecule has 2 rings (SSSR count). The fourth-order valence-electron chi connectivity index (χ4n) is 2.22. The summed E-state index contributed by atoms with van der Waals surface area (Å²) in [5.74, 6) is -0.627. The van der Waals surface area contributed by atoms with E-state index in [1.807, 2.05) is 49.4 Å². The summed E-state index contributed by atoms with van der Waals surface area (Å²) in [6.45, 7) is 5.94. The normalized spacial score (nSPS) is 11.0. The highest BCUT2D eigenvalue weighted by atomic mass is 16.2. The highest BCUT2D eigenvalue weighted by molar-refractivity contribution is 6.04. The lowest BCUT2D eigenvalue weighted by molar-refractivity contribution is -0.141. The first-order chi connectivity index (χ1) is 11.4. The summed E-state index contributed by atoms with van der Waals surface area (Å²) in [5, 5.41) is 5.60. The third-order valence-corrected chi connectivity index (χ3v) is 3.83. The maximum Gasteiger partial charge on any atom is 0.235 e. The fraction of sp³-hybridized carbons (Fsp3) is 0.316. The number of hydrogen-bond acceptors (Lipinski definition) is 3. The molecule has 5 heteroatoms. The van der Waals surface area contributed by atoms with Crippen LogP contribution in [0.4, 0.5) is 0 Å². The number of carbonyl (C=O) groups excluding carboxylic acids is 2. The van der Waals surface area contributed by atoms with Gasteiger partial charge in [0.25, 0.3) is 0 Å². The molecule has 0 aliphatic heterocycles. The van der Waals surface area contributed by atoms with E-state index in [9.17, 15) is 9.59 Å². The second-order valence-corrected chi connectivity index (χ2v) is 6.30. The zero-order chi connectivity index (χ0) is 17.6. The molecule has 0 atom stereocenters. The lowest BCUT2D eigenvalue weighted by atomic mass is 9.91. The summed E-state index contributed by atoms with van der Waals surface area (Å²) in [5.41, 5.74) is 1.74. The van der Waals surface area contributed by atoms with Crippen molar-refractivity contribution in [3.8, 4) is 0 Å². The van der Waals surface area contributed by atoms with Gasteiger partial charge in [0.15, 0.2) is 0 Å². The van der Waals surface area contributed by atoms with E-state index in [0.29, 0.717) is 13.1 Å². The van der Waals surface area contributed by atoms with Gasteiger partial charge < -0.3 is 10.6 Å². The van der Waals surface area contributed by atoms with Crippen molar-refractivity contribution < 1.29 is 9.59 Å². The van der Waals surface area contributed by atoms with Crippen molar-refractivity contribution >= 4 is 11.8 Å². The average Bonchev–Trinajstić information content (AvgIpc) is 2.58. The van der Waals surface area contributed by atoms with E-state index in [2.05, 4.69) is 15.6 Å². The van der Waals surface area contributed by atoms with Gasteiger partial charge in [-0.2, -0.15) is 0 Å². The van der Waals surface area contributed by atoms with E-state index in [1.165, 1.54) is 0 Å². The third kappa shape index (κ3) is 4.65. The number of nitrogens with zero attached hydrogens (tertiary/aromatic N) is 1. The van der Waals surface area contributed by atoms with Crippen molar-refractivity contribution in [1.29, 1.82) is 0 Å². The quantitative estimate of drug-likeness (QED) is 0.801. The topological polar surface area (TPSA) is 71.1 Å². The molecule has 0 aliphatic rings. The summed E-state index contributed by atoms with van der Waals surface area (Å²) in [7, 11) is 0. The summed E-state index contributed by atoms with van der Waals surface area (Å²) in [6, 6.07) is 13.4. The molecular weight excluding hydrogens is 302 g/mol. The van der Waals surface area contributed by atoms with Crippen LogP contribution in [0.25, 0.3) is 0 Å². The summed E-state index contributed by atoms with van der Waals surface area (Å²) in [6.07, 6.45) is 1.67. The number of nitrogens with one attached hydrogen (secondary N) is 2. The van der Waals surface area contributed by atoms with Crippen molar-refractivity contribution in [3.63, 3.8) is 0 Å². The van der Waals surface area contributed by atoms with Crippen LogP contribution >= 0.6 is 0 Å². The number of rotatable bonds is 6. The zero-order valence-electron chi connectivity index (χ0n) is 14.3. The van der Waals surface area contributed by atoms with Crippen molar-refractivity contribution in [2.75, 3.05) is 0 Å². The Morgan fingerprint density at radius 3 is 2.33 bits per heavy atom. The van der Waals surface area contributed by atoms with Crippen LogP contribution in [0.5, 0.6) is 0 Å². The SMILES string of the molecule is Cc1cccc(CNC(=O)C(C)(C)C(=O)NCc2ccccn2)c1. The molecule has 2 N–H and O–H groups in total. The largest absolute Gasteiger partial charge is 0.351 e. The molecule has 1 heterocycles. The molecular formula is C19H23N3O2. The molecule has 2 aromatic rings.